The van der Waals surface area contributed by atoms with Crippen molar-refractivity contribution >= 4 is 5.95 Å². The molecule has 1 aromatic carbocycles. The van der Waals surface area contributed by atoms with E-state index in [2.05, 4.69) is 24.9 Å². The monoisotopic (exact) mass is 685 g/mol. The van der Waals surface area contributed by atoms with Crippen LogP contribution in [0.1, 0.15) is 55.6 Å². The molecule has 2 fully saturated rings. The van der Waals surface area contributed by atoms with E-state index in [1.807, 2.05) is 4.90 Å². The molecule has 1 aliphatic heterocycles. The molecule has 0 unspecified atom stereocenters. The smallest absolute Gasteiger partial charge is 0.434 e. The number of benzene rings is 1. The van der Waals surface area contributed by atoms with E-state index in [9.17, 15) is 22.0 Å². The number of morpholine rings is 1. The van der Waals surface area contributed by atoms with Crippen LogP contribution in [-0.4, -0.2) is 85.9 Å². The summed E-state index contributed by atoms with van der Waals surface area (Å²) in [6, 6.07) is 6.53. The fourth-order valence-electron chi connectivity index (χ4n) is 5.72. The Morgan fingerprint density at radius 1 is 1.00 bits per heavy atom. The summed E-state index contributed by atoms with van der Waals surface area (Å²) in [7, 11) is 1.49. The molecule has 0 spiro atoms. The lowest BCUT2D eigenvalue weighted by Gasteiger charge is -2.29. The van der Waals surface area contributed by atoms with Gasteiger partial charge in [0.05, 0.1) is 26.0 Å². The normalized spacial score (nSPS) is 15.4. The van der Waals surface area contributed by atoms with Crippen molar-refractivity contribution in [3.63, 3.8) is 0 Å². The predicted octanol–water partition coefficient (Wildman–Crippen LogP) is 6.17. The van der Waals surface area contributed by atoms with Crippen molar-refractivity contribution in [3.05, 3.63) is 71.7 Å². The summed E-state index contributed by atoms with van der Waals surface area (Å²) < 4.78 is 81.9. The maximum Gasteiger partial charge on any atom is 0.434 e. The predicted molar refractivity (Wildman–Crippen MR) is 170 cm³/mol. The lowest BCUT2D eigenvalue weighted by Crippen LogP contribution is -2.39. The van der Waals surface area contributed by atoms with Gasteiger partial charge in [-0.05, 0) is 32.3 Å². The first-order valence-corrected chi connectivity index (χ1v) is 15.9. The standard InChI is InChI=1S/C33H36F5N9O2/c1-20(2)47-17-25(33(36,37)38)43-30(47)23-6-4-21(5-7-23)14-46(16-24(28(34)35)15-45-10-12-49-13-11-45)32-42-19-40-29(44-32)26-27(22-8-9-22)39-18-41-31(26)48-3/h4-7,17-20,22H,8-16H2,1-3H3. The van der Waals surface area contributed by atoms with Crippen LogP contribution in [0.25, 0.3) is 22.8 Å². The Kier molecular flexibility index (Phi) is 10.2. The van der Waals surface area contributed by atoms with Gasteiger partial charge in [-0.1, -0.05) is 24.3 Å². The second kappa shape index (κ2) is 14.5. The number of nitrogens with zero attached hydrogens (tertiary/aromatic N) is 9. The molecule has 0 radical (unpaired) electrons. The Balaban J connectivity index is 1.35. The van der Waals surface area contributed by atoms with Crippen LogP contribution in [0.4, 0.5) is 27.9 Å². The number of imidazole rings is 1. The van der Waals surface area contributed by atoms with E-state index in [-0.39, 0.29) is 54.8 Å². The van der Waals surface area contributed by atoms with E-state index < -0.39 is 18.0 Å². The van der Waals surface area contributed by atoms with Gasteiger partial charge in [-0.3, -0.25) is 4.90 Å². The van der Waals surface area contributed by atoms with E-state index >= 15 is 0 Å². The second-order valence-corrected chi connectivity index (χ2v) is 12.3. The first-order chi connectivity index (χ1) is 23.5. The molecule has 11 nitrogen and oxygen atoms in total. The molecule has 16 heteroatoms. The minimum absolute atomic E-state index is 0.0324. The second-order valence-electron chi connectivity index (χ2n) is 12.3. The zero-order valence-corrected chi connectivity index (χ0v) is 27.3. The van der Waals surface area contributed by atoms with Gasteiger partial charge in [0.1, 0.15) is 24.0 Å². The van der Waals surface area contributed by atoms with Crippen LogP contribution in [0, 0.1) is 0 Å². The van der Waals surface area contributed by atoms with Gasteiger partial charge in [-0.15, -0.1) is 0 Å². The minimum Gasteiger partial charge on any atom is -0.480 e. The third-order valence-corrected chi connectivity index (χ3v) is 8.40. The highest BCUT2D eigenvalue weighted by atomic mass is 19.4. The van der Waals surface area contributed by atoms with Gasteiger partial charge in [-0.25, -0.2) is 24.9 Å². The van der Waals surface area contributed by atoms with E-state index in [0.29, 0.717) is 48.9 Å². The lowest BCUT2D eigenvalue weighted by atomic mass is 10.1. The third kappa shape index (κ3) is 8.02. The van der Waals surface area contributed by atoms with Crippen molar-refractivity contribution in [2.24, 2.45) is 0 Å². The molecule has 1 aliphatic carbocycles. The quantitative estimate of drug-likeness (QED) is 0.161. The molecule has 4 aromatic rings. The van der Waals surface area contributed by atoms with E-state index in [0.717, 1.165) is 24.7 Å². The number of rotatable bonds is 12. The molecular weight excluding hydrogens is 649 g/mol. The zero-order chi connectivity index (χ0) is 34.7. The van der Waals surface area contributed by atoms with Crippen LogP contribution in [0.5, 0.6) is 5.88 Å². The van der Waals surface area contributed by atoms with Crippen LogP contribution in [0.2, 0.25) is 0 Å². The first-order valence-electron chi connectivity index (χ1n) is 15.9. The molecule has 6 rings (SSSR count). The largest absolute Gasteiger partial charge is 0.480 e. The van der Waals surface area contributed by atoms with Gasteiger partial charge in [-0.2, -0.15) is 26.9 Å². The summed E-state index contributed by atoms with van der Waals surface area (Å²) in [6.07, 6.45) is -0.733. The molecule has 2 aliphatic rings. The third-order valence-electron chi connectivity index (χ3n) is 8.40. The highest BCUT2D eigenvalue weighted by Crippen LogP contribution is 2.45. The van der Waals surface area contributed by atoms with Crippen LogP contribution < -0.4 is 9.64 Å². The molecule has 0 atom stereocenters. The number of ether oxygens (including phenoxy) is 2. The SMILES string of the molecule is COc1ncnc(C2CC2)c1-c1ncnc(N(CC(CN2CCOCC2)=C(F)F)Cc2ccc(-c3nc(C(F)(F)F)cn3C(C)C)cc2)n1. The van der Waals surface area contributed by atoms with E-state index in [4.69, 9.17) is 14.5 Å². The summed E-state index contributed by atoms with van der Waals surface area (Å²) in [5.74, 6) is 1.09. The highest BCUT2D eigenvalue weighted by molar-refractivity contribution is 5.66. The Morgan fingerprint density at radius 3 is 2.35 bits per heavy atom. The van der Waals surface area contributed by atoms with Crippen molar-refractivity contribution in [2.75, 3.05) is 51.4 Å². The molecule has 0 bridgehead atoms. The summed E-state index contributed by atoms with van der Waals surface area (Å²) >= 11 is 0. The Morgan fingerprint density at radius 2 is 1.71 bits per heavy atom. The number of halogens is 5. The summed E-state index contributed by atoms with van der Waals surface area (Å²) in [6.45, 7) is 5.45. The van der Waals surface area contributed by atoms with Gasteiger partial charge < -0.3 is 18.9 Å². The zero-order valence-electron chi connectivity index (χ0n) is 27.3. The average Bonchev–Trinajstić information content (AvgIpc) is 3.84. The highest BCUT2D eigenvalue weighted by Gasteiger charge is 2.35. The number of anilines is 1. The molecule has 1 saturated carbocycles. The molecular formula is C33H36F5N9O2. The van der Waals surface area contributed by atoms with E-state index in [1.165, 1.54) is 24.3 Å². The van der Waals surface area contributed by atoms with Crippen molar-refractivity contribution in [1.29, 1.82) is 0 Å². The van der Waals surface area contributed by atoms with Gasteiger partial charge in [0.25, 0.3) is 6.08 Å². The number of hydrogen-bond acceptors (Lipinski definition) is 10. The van der Waals surface area contributed by atoms with Crippen molar-refractivity contribution in [1.82, 2.24) is 39.4 Å². The van der Waals surface area contributed by atoms with Crippen LogP contribution in [-0.2, 0) is 17.5 Å². The summed E-state index contributed by atoms with van der Waals surface area (Å²) in [4.78, 5) is 29.6. The lowest BCUT2D eigenvalue weighted by molar-refractivity contribution is -0.140. The number of methoxy groups -OCH3 is 1. The van der Waals surface area contributed by atoms with Crippen molar-refractivity contribution in [3.8, 4) is 28.7 Å². The number of alkyl halides is 3. The van der Waals surface area contributed by atoms with Crippen LogP contribution in [0.3, 0.4) is 0 Å². The Hall–Kier alpha value is -4.57. The number of aromatic nitrogens is 7. The van der Waals surface area contributed by atoms with Crippen molar-refractivity contribution in [2.45, 2.75) is 51.4 Å². The topological polar surface area (TPSA) is 107 Å². The summed E-state index contributed by atoms with van der Waals surface area (Å²) in [5, 5.41) is 0. The summed E-state index contributed by atoms with van der Waals surface area (Å²) in [5.41, 5.74) is 1.37. The Bertz CT molecular complexity index is 1780. The van der Waals surface area contributed by atoms with Crippen LogP contribution >= 0.6 is 0 Å². The molecule has 4 heterocycles. The average molecular weight is 686 g/mol. The molecule has 260 valence electrons. The maximum absolute atomic E-state index is 14.5. The van der Waals surface area contributed by atoms with Gasteiger partial charge in [0.2, 0.25) is 11.8 Å². The fourth-order valence-corrected chi connectivity index (χ4v) is 5.72. The minimum atomic E-state index is -4.59. The van der Waals surface area contributed by atoms with Gasteiger partial charge in [0, 0.05) is 62.0 Å². The van der Waals surface area contributed by atoms with Crippen LogP contribution in [0.15, 0.2) is 54.8 Å². The Labute approximate surface area is 279 Å². The van der Waals surface area contributed by atoms with E-state index in [1.54, 1.807) is 43.0 Å². The van der Waals surface area contributed by atoms with Crippen molar-refractivity contribution < 1.29 is 31.4 Å². The van der Waals surface area contributed by atoms with Gasteiger partial charge >= 0.3 is 6.18 Å². The fraction of sp³-hybridized carbons (Fsp3) is 0.455. The molecule has 3 aromatic heterocycles. The first kappa shape index (κ1) is 34.3. The molecule has 1 saturated heterocycles. The molecule has 0 N–H and O–H groups in total. The molecule has 49 heavy (non-hydrogen) atoms. The van der Waals surface area contributed by atoms with Gasteiger partial charge in [0.15, 0.2) is 11.5 Å². The maximum atomic E-state index is 14.5. The molecule has 0 amide bonds. The number of hydrogen-bond donors (Lipinski definition) is 0.